The van der Waals surface area contributed by atoms with E-state index in [1.54, 1.807) is 16.5 Å². The predicted molar refractivity (Wildman–Crippen MR) is 95.7 cm³/mol. The van der Waals surface area contributed by atoms with Gasteiger partial charge in [-0.05, 0) is 32.6 Å². The van der Waals surface area contributed by atoms with E-state index in [-0.39, 0.29) is 18.2 Å². The van der Waals surface area contributed by atoms with Gasteiger partial charge in [-0.1, -0.05) is 13.8 Å². The van der Waals surface area contributed by atoms with Crippen molar-refractivity contribution in [3.8, 4) is 0 Å². The molecule has 8 nitrogen and oxygen atoms in total. The molecular formula is C17H29N5O3. The van der Waals surface area contributed by atoms with Crippen LogP contribution in [0.15, 0.2) is 0 Å². The van der Waals surface area contributed by atoms with Crippen molar-refractivity contribution in [1.29, 1.82) is 0 Å². The van der Waals surface area contributed by atoms with Gasteiger partial charge in [0.15, 0.2) is 0 Å². The molecule has 0 radical (unpaired) electrons. The summed E-state index contributed by atoms with van der Waals surface area (Å²) >= 11 is 0. The van der Waals surface area contributed by atoms with Crippen LogP contribution in [0.2, 0.25) is 0 Å². The molecular weight excluding hydrogens is 322 g/mol. The number of likely N-dealkylation sites (tertiary alicyclic amines) is 1. The Morgan fingerprint density at radius 3 is 2.44 bits per heavy atom. The van der Waals surface area contributed by atoms with Crippen molar-refractivity contribution in [1.82, 2.24) is 20.0 Å². The fraction of sp³-hybridized carbons (Fsp3) is 0.706. The van der Waals surface area contributed by atoms with Crippen LogP contribution in [-0.2, 0) is 24.6 Å². The zero-order chi connectivity index (χ0) is 18.4. The average molecular weight is 351 g/mol. The van der Waals surface area contributed by atoms with Crippen LogP contribution in [0.1, 0.15) is 44.9 Å². The zero-order valence-corrected chi connectivity index (χ0v) is 15.6. The molecule has 0 aromatic carbocycles. The predicted octanol–water partition coefficient (Wildman–Crippen LogP) is 2.29. The van der Waals surface area contributed by atoms with Crippen molar-refractivity contribution < 1.29 is 14.3 Å². The van der Waals surface area contributed by atoms with Gasteiger partial charge in [0.2, 0.25) is 0 Å². The van der Waals surface area contributed by atoms with Crippen LogP contribution in [0, 0.1) is 0 Å². The standard InChI is InChI=1S/C17H29N5O3/c1-5-13-14(6-2)20-21(4)15(13)19-16(23)18-12-8-10-22(11-9-12)17(24)25-7-3/h12H,5-11H2,1-4H3,(H2,18,19,23). The van der Waals surface area contributed by atoms with Gasteiger partial charge in [0.1, 0.15) is 5.82 Å². The molecule has 1 aromatic rings. The summed E-state index contributed by atoms with van der Waals surface area (Å²) in [6.07, 6.45) is 2.83. The van der Waals surface area contributed by atoms with E-state index in [1.165, 1.54) is 0 Å². The molecule has 0 saturated carbocycles. The van der Waals surface area contributed by atoms with E-state index in [0.29, 0.717) is 19.7 Å². The van der Waals surface area contributed by atoms with Crippen LogP contribution in [-0.4, -0.2) is 52.5 Å². The Balaban J connectivity index is 1.88. The number of urea groups is 1. The molecule has 0 atom stereocenters. The molecule has 2 N–H and O–H groups in total. The molecule has 1 fully saturated rings. The van der Waals surface area contributed by atoms with Crippen molar-refractivity contribution in [2.45, 2.75) is 52.5 Å². The fourth-order valence-corrected chi connectivity index (χ4v) is 3.19. The van der Waals surface area contributed by atoms with Crippen molar-refractivity contribution in [2.75, 3.05) is 25.0 Å². The minimum absolute atomic E-state index is 0.0506. The van der Waals surface area contributed by atoms with Gasteiger partial charge in [-0.25, -0.2) is 9.59 Å². The summed E-state index contributed by atoms with van der Waals surface area (Å²) in [5.74, 6) is 0.751. The first kappa shape index (κ1) is 19.1. The number of hydrogen-bond acceptors (Lipinski definition) is 4. The van der Waals surface area contributed by atoms with Crippen LogP contribution in [0.4, 0.5) is 15.4 Å². The minimum Gasteiger partial charge on any atom is -0.450 e. The highest BCUT2D eigenvalue weighted by Crippen LogP contribution is 2.20. The molecule has 1 aromatic heterocycles. The highest BCUT2D eigenvalue weighted by molar-refractivity contribution is 5.89. The first-order chi connectivity index (χ1) is 12.0. The van der Waals surface area contributed by atoms with Crippen LogP contribution in [0.25, 0.3) is 0 Å². The number of piperidine rings is 1. The maximum absolute atomic E-state index is 12.3. The lowest BCUT2D eigenvalue weighted by atomic mass is 10.1. The summed E-state index contributed by atoms with van der Waals surface area (Å²) < 4.78 is 6.73. The van der Waals surface area contributed by atoms with Gasteiger partial charge in [0, 0.05) is 31.7 Å². The Kier molecular flexibility index (Phi) is 6.66. The van der Waals surface area contributed by atoms with Gasteiger partial charge in [0.25, 0.3) is 0 Å². The second-order valence-corrected chi connectivity index (χ2v) is 6.16. The minimum atomic E-state index is -0.278. The number of aromatic nitrogens is 2. The Morgan fingerprint density at radius 1 is 1.20 bits per heavy atom. The third-order valence-corrected chi connectivity index (χ3v) is 4.51. The number of ether oxygens (including phenoxy) is 1. The molecule has 2 heterocycles. The Bertz CT molecular complexity index is 606. The van der Waals surface area contributed by atoms with E-state index in [0.717, 1.165) is 42.8 Å². The SMILES string of the molecule is CCOC(=O)N1CCC(NC(=O)Nc2c(CC)c(CC)nn2C)CC1. The molecule has 25 heavy (non-hydrogen) atoms. The van der Waals surface area contributed by atoms with Crippen LogP contribution < -0.4 is 10.6 Å². The van der Waals surface area contributed by atoms with Gasteiger partial charge >= 0.3 is 12.1 Å². The fourth-order valence-electron chi connectivity index (χ4n) is 3.19. The number of aryl methyl sites for hydroxylation is 2. The van der Waals surface area contributed by atoms with E-state index in [9.17, 15) is 9.59 Å². The number of carbonyl (C=O) groups is 2. The number of hydrogen-bond donors (Lipinski definition) is 2. The molecule has 0 unspecified atom stereocenters. The van der Waals surface area contributed by atoms with Crippen LogP contribution in [0.5, 0.6) is 0 Å². The molecule has 1 aliphatic heterocycles. The molecule has 140 valence electrons. The van der Waals surface area contributed by atoms with Crippen LogP contribution in [0.3, 0.4) is 0 Å². The first-order valence-electron chi connectivity index (χ1n) is 9.04. The van der Waals surface area contributed by atoms with E-state index in [4.69, 9.17) is 4.74 Å². The Morgan fingerprint density at radius 2 is 1.88 bits per heavy atom. The molecule has 1 aliphatic rings. The summed E-state index contributed by atoms with van der Waals surface area (Å²) in [4.78, 5) is 25.7. The third kappa shape index (κ3) is 4.64. The zero-order valence-electron chi connectivity index (χ0n) is 15.6. The lowest BCUT2D eigenvalue weighted by Crippen LogP contribution is -2.47. The number of amides is 3. The highest BCUT2D eigenvalue weighted by Gasteiger charge is 2.25. The topological polar surface area (TPSA) is 88.5 Å². The summed E-state index contributed by atoms with van der Waals surface area (Å²) in [6, 6.07) is -0.176. The highest BCUT2D eigenvalue weighted by atomic mass is 16.6. The van der Waals surface area contributed by atoms with E-state index < -0.39 is 0 Å². The Labute approximate surface area is 148 Å². The van der Waals surface area contributed by atoms with Crippen molar-refractivity contribution in [3.05, 3.63) is 11.3 Å². The summed E-state index contributed by atoms with van der Waals surface area (Å²) in [5.41, 5.74) is 2.10. The second kappa shape index (κ2) is 8.73. The monoisotopic (exact) mass is 351 g/mol. The van der Waals surface area contributed by atoms with Gasteiger partial charge in [-0.3, -0.25) is 10.00 Å². The maximum Gasteiger partial charge on any atom is 0.409 e. The quantitative estimate of drug-likeness (QED) is 0.852. The Hall–Kier alpha value is -2.25. The third-order valence-electron chi connectivity index (χ3n) is 4.51. The number of nitrogens with one attached hydrogen (secondary N) is 2. The molecule has 0 bridgehead atoms. The maximum atomic E-state index is 12.3. The normalized spacial score (nSPS) is 15.1. The van der Waals surface area contributed by atoms with E-state index in [1.807, 2.05) is 7.05 Å². The summed E-state index contributed by atoms with van der Waals surface area (Å²) in [6.45, 7) is 7.48. The molecule has 0 spiro atoms. The lowest BCUT2D eigenvalue weighted by Gasteiger charge is -2.31. The van der Waals surface area contributed by atoms with Gasteiger partial charge in [-0.15, -0.1) is 0 Å². The van der Waals surface area contributed by atoms with E-state index in [2.05, 4.69) is 29.6 Å². The number of rotatable bonds is 5. The molecule has 0 aliphatic carbocycles. The van der Waals surface area contributed by atoms with E-state index >= 15 is 0 Å². The number of nitrogens with zero attached hydrogens (tertiary/aromatic N) is 3. The molecule has 8 heteroatoms. The van der Waals surface area contributed by atoms with Crippen molar-refractivity contribution in [2.24, 2.45) is 7.05 Å². The van der Waals surface area contributed by atoms with Crippen molar-refractivity contribution >= 4 is 17.9 Å². The van der Waals surface area contributed by atoms with Gasteiger partial charge in [-0.2, -0.15) is 5.10 Å². The lowest BCUT2D eigenvalue weighted by molar-refractivity contribution is 0.0959. The first-order valence-corrected chi connectivity index (χ1v) is 9.04. The molecule has 3 amide bonds. The summed E-state index contributed by atoms with van der Waals surface area (Å²) in [7, 11) is 1.84. The average Bonchev–Trinajstić information content (AvgIpc) is 2.90. The van der Waals surface area contributed by atoms with Gasteiger partial charge < -0.3 is 15.0 Å². The van der Waals surface area contributed by atoms with Crippen molar-refractivity contribution in [3.63, 3.8) is 0 Å². The summed E-state index contributed by atoms with van der Waals surface area (Å²) in [5, 5.41) is 10.4. The largest absolute Gasteiger partial charge is 0.450 e. The smallest absolute Gasteiger partial charge is 0.409 e. The molecule has 1 saturated heterocycles. The number of anilines is 1. The molecule has 2 rings (SSSR count). The van der Waals surface area contributed by atoms with Crippen LogP contribution >= 0.6 is 0 Å². The van der Waals surface area contributed by atoms with Gasteiger partial charge in [0.05, 0.1) is 12.3 Å². The number of carbonyl (C=O) groups excluding carboxylic acids is 2. The second-order valence-electron chi connectivity index (χ2n) is 6.16.